The molecule has 1 saturated carbocycles. The Morgan fingerprint density at radius 1 is 1.10 bits per heavy atom. The number of pyridine rings is 1. The van der Waals surface area contributed by atoms with Crippen molar-refractivity contribution in [1.29, 1.82) is 0 Å². The first-order chi connectivity index (χ1) is 14.7. The van der Waals surface area contributed by atoms with Crippen molar-refractivity contribution in [3.63, 3.8) is 0 Å². The van der Waals surface area contributed by atoms with Gasteiger partial charge in [-0.3, -0.25) is 0 Å². The van der Waals surface area contributed by atoms with Crippen LogP contribution in [0.2, 0.25) is 0 Å². The summed E-state index contributed by atoms with van der Waals surface area (Å²) in [5.41, 5.74) is 1.23. The highest BCUT2D eigenvalue weighted by molar-refractivity contribution is 5.83. The Hall–Kier alpha value is -2.82. The zero-order valence-electron chi connectivity index (χ0n) is 16.4. The molecule has 4 heterocycles. The van der Waals surface area contributed by atoms with Crippen molar-refractivity contribution < 1.29 is 15.3 Å². The summed E-state index contributed by atoms with van der Waals surface area (Å²) in [6.07, 6.45) is 4.37. The van der Waals surface area contributed by atoms with Gasteiger partial charge in [0.05, 0.1) is 18.5 Å². The third kappa shape index (κ3) is 3.26. The highest BCUT2D eigenvalue weighted by Gasteiger charge is 2.42. The van der Waals surface area contributed by atoms with Gasteiger partial charge in [0.2, 0.25) is 0 Å². The van der Waals surface area contributed by atoms with Crippen LogP contribution in [0.15, 0.2) is 37.1 Å². The Bertz CT molecular complexity index is 1010. The lowest BCUT2D eigenvalue weighted by molar-refractivity contribution is -0.00370. The largest absolute Gasteiger partial charge is 0.396 e. The highest BCUT2D eigenvalue weighted by Crippen LogP contribution is 2.37. The molecule has 0 aromatic carbocycles. The summed E-state index contributed by atoms with van der Waals surface area (Å²) in [5.74, 6) is 1.25. The average molecular weight is 411 g/mol. The number of nitrogens with zero attached hydrogens (tertiary/aromatic N) is 6. The van der Waals surface area contributed by atoms with Crippen LogP contribution in [-0.2, 0) is 0 Å². The molecule has 4 N–H and O–H groups in total. The summed E-state index contributed by atoms with van der Waals surface area (Å²) in [4.78, 5) is 19.9. The number of anilines is 2. The third-order valence-corrected chi connectivity index (χ3v) is 6.22. The van der Waals surface area contributed by atoms with Gasteiger partial charge >= 0.3 is 0 Å². The van der Waals surface area contributed by atoms with E-state index in [-0.39, 0.29) is 18.6 Å². The van der Waals surface area contributed by atoms with Crippen LogP contribution < -0.4 is 10.2 Å². The monoisotopic (exact) mass is 411 g/mol. The second kappa shape index (κ2) is 7.78. The van der Waals surface area contributed by atoms with Gasteiger partial charge in [-0.1, -0.05) is 6.07 Å². The summed E-state index contributed by atoms with van der Waals surface area (Å²) < 4.78 is 1.78. The highest BCUT2D eigenvalue weighted by atomic mass is 16.3. The summed E-state index contributed by atoms with van der Waals surface area (Å²) in [6.45, 7) is 1.55. The van der Waals surface area contributed by atoms with Crippen molar-refractivity contribution in [2.45, 2.75) is 37.1 Å². The summed E-state index contributed by atoms with van der Waals surface area (Å²) in [5, 5.41) is 33.5. The molecule has 3 aromatic rings. The first-order valence-corrected chi connectivity index (χ1v) is 10.2. The number of nitrogens with one attached hydrogen (secondary N) is 1. The molecule has 158 valence electrons. The average Bonchev–Trinajstić information content (AvgIpc) is 3.48. The van der Waals surface area contributed by atoms with Crippen LogP contribution >= 0.6 is 0 Å². The molecule has 0 amide bonds. The molecule has 3 aromatic heterocycles. The van der Waals surface area contributed by atoms with E-state index >= 15 is 0 Å². The van der Waals surface area contributed by atoms with E-state index in [4.69, 9.17) is 0 Å². The van der Waals surface area contributed by atoms with E-state index in [1.807, 2.05) is 18.2 Å². The SMILES string of the molecule is OC[C@H]1CC(n2cnc3c(N[C@H]4CCN(c5ccccn5)C4)ncnc32)[C@H](O)[C@@H]1O. The second-order valence-electron chi connectivity index (χ2n) is 8.04. The Morgan fingerprint density at radius 2 is 2.00 bits per heavy atom. The number of aromatic nitrogens is 5. The van der Waals surface area contributed by atoms with E-state index in [9.17, 15) is 15.3 Å². The number of hydrogen-bond acceptors (Lipinski definition) is 9. The van der Waals surface area contributed by atoms with Crippen LogP contribution in [0.3, 0.4) is 0 Å². The van der Waals surface area contributed by atoms with Crippen molar-refractivity contribution >= 4 is 22.8 Å². The predicted octanol–water partition coefficient (Wildman–Crippen LogP) is 0.187. The number of fused-ring (bicyclic) bond motifs is 1. The summed E-state index contributed by atoms with van der Waals surface area (Å²) in [6, 6.07) is 5.71. The fraction of sp³-hybridized carbons (Fsp3) is 0.500. The number of hydrogen-bond donors (Lipinski definition) is 4. The Balaban J connectivity index is 1.36. The number of imidazole rings is 1. The first kappa shape index (κ1) is 19.2. The van der Waals surface area contributed by atoms with Gasteiger partial charge in [0, 0.05) is 37.9 Å². The van der Waals surface area contributed by atoms with Crippen LogP contribution in [0.5, 0.6) is 0 Å². The number of aliphatic hydroxyl groups excluding tert-OH is 3. The van der Waals surface area contributed by atoms with Gasteiger partial charge in [0.15, 0.2) is 11.5 Å². The summed E-state index contributed by atoms with van der Waals surface area (Å²) >= 11 is 0. The van der Waals surface area contributed by atoms with Crippen LogP contribution in [0.4, 0.5) is 11.6 Å². The van der Waals surface area contributed by atoms with Crippen molar-refractivity contribution in [1.82, 2.24) is 24.5 Å². The topological polar surface area (TPSA) is 132 Å². The van der Waals surface area contributed by atoms with Gasteiger partial charge in [-0.15, -0.1) is 0 Å². The molecule has 5 atom stereocenters. The molecule has 0 radical (unpaired) electrons. The van der Waals surface area contributed by atoms with E-state index in [2.05, 4.69) is 30.2 Å². The van der Waals surface area contributed by atoms with Crippen molar-refractivity contribution in [3.8, 4) is 0 Å². The molecule has 2 fully saturated rings. The standard InChI is InChI=1S/C20H25N7O3/c28-9-12-7-14(18(30)17(12)29)27-11-24-16-19(22-10-23-20(16)27)25-13-4-6-26(8-13)15-3-1-2-5-21-15/h1-3,5,10-14,17-18,28-30H,4,6-9H2,(H,22,23,25)/t12-,13+,14?,17-,18+/m1/s1. The second-order valence-corrected chi connectivity index (χ2v) is 8.04. The lowest BCUT2D eigenvalue weighted by Crippen LogP contribution is -2.30. The zero-order chi connectivity index (χ0) is 20.7. The smallest absolute Gasteiger partial charge is 0.165 e. The fourth-order valence-corrected chi connectivity index (χ4v) is 4.58. The van der Waals surface area contributed by atoms with E-state index in [0.717, 1.165) is 25.3 Å². The molecular formula is C20H25N7O3. The minimum atomic E-state index is -0.979. The molecule has 0 spiro atoms. The Kier molecular flexibility index (Phi) is 4.97. The van der Waals surface area contributed by atoms with Gasteiger partial charge in [-0.25, -0.2) is 19.9 Å². The Labute approximate surface area is 173 Å². The maximum absolute atomic E-state index is 10.4. The quantitative estimate of drug-likeness (QED) is 0.464. The van der Waals surface area contributed by atoms with Crippen molar-refractivity contribution in [3.05, 3.63) is 37.1 Å². The lowest BCUT2D eigenvalue weighted by atomic mass is 10.1. The van der Waals surface area contributed by atoms with E-state index < -0.39 is 18.2 Å². The van der Waals surface area contributed by atoms with Crippen molar-refractivity contribution in [2.24, 2.45) is 5.92 Å². The van der Waals surface area contributed by atoms with Gasteiger partial charge in [0.1, 0.15) is 23.8 Å². The van der Waals surface area contributed by atoms with Crippen molar-refractivity contribution in [2.75, 3.05) is 29.9 Å². The number of rotatable bonds is 5. The summed E-state index contributed by atoms with van der Waals surface area (Å²) in [7, 11) is 0. The maximum Gasteiger partial charge on any atom is 0.165 e. The van der Waals surface area contributed by atoms with Crippen LogP contribution in [0, 0.1) is 5.92 Å². The molecule has 2 aliphatic rings. The maximum atomic E-state index is 10.4. The van der Waals surface area contributed by atoms with Gasteiger partial charge in [-0.2, -0.15) is 0 Å². The molecule has 10 heteroatoms. The minimum Gasteiger partial charge on any atom is -0.396 e. The fourth-order valence-electron chi connectivity index (χ4n) is 4.58. The molecular weight excluding hydrogens is 386 g/mol. The normalized spacial score (nSPS) is 29.0. The molecule has 1 unspecified atom stereocenters. The van der Waals surface area contributed by atoms with Crippen LogP contribution in [0.1, 0.15) is 18.9 Å². The lowest BCUT2D eigenvalue weighted by Gasteiger charge is -2.19. The van der Waals surface area contributed by atoms with Crippen LogP contribution in [0.25, 0.3) is 11.2 Å². The van der Waals surface area contributed by atoms with Gasteiger partial charge in [-0.05, 0) is 25.0 Å². The van der Waals surface area contributed by atoms with Crippen LogP contribution in [-0.4, -0.2) is 77.8 Å². The molecule has 1 aliphatic carbocycles. The van der Waals surface area contributed by atoms with E-state index in [1.54, 1.807) is 17.1 Å². The molecule has 1 aliphatic heterocycles. The minimum absolute atomic E-state index is 0.169. The number of aliphatic hydroxyl groups is 3. The zero-order valence-corrected chi connectivity index (χ0v) is 16.4. The van der Waals surface area contributed by atoms with Gasteiger partial charge in [0.25, 0.3) is 0 Å². The molecule has 30 heavy (non-hydrogen) atoms. The predicted molar refractivity (Wildman–Crippen MR) is 110 cm³/mol. The Morgan fingerprint density at radius 3 is 2.77 bits per heavy atom. The molecule has 5 rings (SSSR count). The third-order valence-electron chi connectivity index (χ3n) is 6.22. The van der Waals surface area contributed by atoms with Gasteiger partial charge < -0.3 is 30.1 Å². The molecule has 1 saturated heterocycles. The molecule has 10 nitrogen and oxygen atoms in total. The van der Waals surface area contributed by atoms with E-state index in [0.29, 0.717) is 23.4 Å². The molecule has 0 bridgehead atoms. The van der Waals surface area contributed by atoms with E-state index in [1.165, 1.54) is 6.33 Å². The first-order valence-electron chi connectivity index (χ1n) is 10.2.